The number of benzene rings is 2. The van der Waals surface area contributed by atoms with Gasteiger partial charge in [0.25, 0.3) is 15.7 Å². The molecule has 0 unspecified atom stereocenters. The molecule has 4 rings (SSSR count). The van der Waals surface area contributed by atoms with Gasteiger partial charge in [0.05, 0.1) is 28.9 Å². The van der Waals surface area contributed by atoms with E-state index in [0.717, 1.165) is 5.56 Å². The number of carbonyl (C=O) groups excluding carboxylic acids is 1. The number of pyridine rings is 1. The van der Waals surface area contributed by atoms with Crippen LogP contribution in [-0.2, 0) is 9.84 Å². The third kappa shape index (κ3) is 6.04. The van der Waals surface area contributed by atoms with Gasteiger partial charge in [-0.1, -0.05) is 18.2 Å². The number of nitrogens with zero attached hydrogens (tertiary/aromatic N) is 4. The molecule has 38 heavy (non-hydrogen) atoms. The van der Waals surface area contributed by atoms with Crippen molar-refractivity contribution >= 4 is 22.0 Å². The first-order valence-electron chi connectivity index (χ1n) is 11.0. The van der Waals surface area contributed by atoms with Crippen molar-refractivity contribution in [3.05, 3.63) is 89.4 Å². The van der Waals surface area contributed by atoms with Crippen LogP contribution < -0.4 is 24.5 Å². The third-order valence-electron chi connectivity index (χ3n) is 4.95. The van der Waals surface area contributed by atoms with E-state index in [1.807, 2.05) is 0 Å². The van der Waals surface area contributed by atoms with Crippen molar-refractivity contribution in [3.63, 3.8) is 0 Å². The highest BCUT2D eigenvalue weighted by molar-refractivity contribution is 7.91. The zero-order valence-corrected chi connectivity index (χ0v) is 20.7. The van der Waals surface area contributed by atoms with Crippen LogP contribution in [0.1, 0.15) is 15.9 Å². The van der Waals surface area contributed by atoms with Gasteiger partial charge in [0.1, 0.15) is 24.7 Å². The number of carbonyl (C=O) groups is 1. The highest BCUT2D eigenvalue weighted by Crippen LogP contribution is 2.26. The fraction of sp³-hybridized carbons (Fsp3) is 0.125. The van der Waals surface area contributed by atoms with Crippen LogP contribution in [0.15, 0.2) is 92.7 Å². The quantitative estimate of drug-likeness (QED) is 0.128. The SMILES string of the molecule is COc1cc(OCCOc2no[n+]([O-])c2S(=O)(=O)c2ccccc2)ccc1C(=O)N/N=C/c1ccncc1. The number of hydrazone groups is 1. The van der Waals surface area contributed by atoms with E-state index in [2.05, 4.69) is 25.3 Å². The molecule has 0 atom stereocenters. The van der Waals surface area contributed by atoms with E-state index >= 15 is 0 Å². The Hall–Kier alpha value is -4.98. The van der Waals surface area contributed by atoms with Crippen LogP contribution in [0, 0.1) is 5.21 Å². The van der Waals surface area contributed by atoms with Gasteiger partial charge in [-0.2, -0.15) is 5.10 Å². The molecule has 2 aromatic heterocycles. The number of aromatic nitrogens is 3. The fourth-order valence-electron chi connectivity index (χ4n) is 3.16. The van der Waals surface area contributed by atoms with E-state index in [-0.39, 0.29) is 34.3 Å². The second-order valence-electron chi connectivity index (χ2n) is 7.40. The molecule has 1 amide bonds. The lowest BCUT2D eigenvalue weighted by Crippen LogP contribution is -2.31. The molecule has 0 aliphatic carbocycles. The molecule has 14 heteroatoms. The van der Waals surface area contributed by atoms with Crippen LogP contribution in [-0.4, -0.2) is 51.0 Å². The number of ether oxygens (including phenoxy) is 3. The number of nitrogens with one attached hydrogen (secondary N) is 1. The summed E-state index contributed by atoms with van der Waals surface area (Å²) in [4.78, 5) is 16.0. The average molecular weight is 540 g/mol. The second kappa shape index (κ2) is 11.8. The van der Waals surface area contributed by atoms with Gasteiger partial charge in [-0.05, 0) is 46.9 Å². The molecule has 13 nitrogen and oxygen atoms in total. The minimum Gasteiger partial charge on any atom is -0.496 e. The summed E-state index contributed by atoms with van der Waals surface area (Å²) in [5.41, 5.74) is 3.41. The molecule has 4 aromatic rings. The molecule has 0 radical (unpaired) electrons. The molecule has 0 aliphatic heterocycles. The van der Waals surface area contributed by atoms with Crippen molar-refractivity contribution in [1.29, 1.82) is 0 Å². The Bertz CT molecular complexity index is 1530. The highest BCUT2D eigenvalue weighted by Gasteiger charge is 2.35. The Morgan fingerprint density at radius 2 is 1.84 bits per heavy atom. The number of sulfone groups is 1. The summed E-state index contributed by atoms with van der Waals surface area (Å²) in [7, 11) is -2.83. The maximum Gasteiger partial charge on any atom is 0.415 e. The van der Waals surface area contributed by atoms with E-state index in [1.165, 1.54) is 55.8 Å². The van der Waals surface area contributed by atoms with Crippen molar-refractivity contribution in [2.24, 2.45) is 5.10 Å². The summed E-state index contributed by atoms with van der Waals surface area (Å²) in [5, 5.41) is 18.5. The molecule has 196 valence electrons. The lowest BCUT2D eigenvalue weighted by molar-refractivity contribution is -0.832. The smallest absolute Gasteiger partial charge is 0.415 e. The maximum absolute atomic E-state index is 12.8. The topological polar surface area (TPSA) is 169 Å². The van der Waals surface area contributed by atoms with Crippen molar-refractivity contribution in [3.8, 4) is 17.4 Å². The van der Waals surface area contributed by atoms with Crippen LogP contribution in [0.2, 0.25) is 0 Å². The van der Waals surface area contributed by atoms with Gasteiger partial charge in [-0.15, -0.1) is 0 Å². The van der Waals surface area contributed by atoms with Crippen LogP contribution in [0.5, 0.6) is 17.4 Å². The Morgan fingerprint density at radius 3 is 2.58 bits per heavy atom. The lowest BCUT2D eigenvalue weighted by atomic mass is 10.2. The van der Waals surface area contributed by atoms with Crippen LogP contribution in [0.4, 0.5) is 0 Å². The minimum atomic E-state index is -4.23. The van der Waals surface area contributed by atoms with Gasteiger partial charge < -0.3 is 19.4 Å². The third-order valence-corrected chi connectivity index (χ3v) is 6.67. The largest absolute Gasteiger partial charge is 0.496 e. The van der Waals surface area contributed by atoms with E-state index in [1.54, 1.807) is 30.6 Å². The predicted octanol–water partition coefficient (Wildman–Crippen LogP) is 1.77. The molecule has 0 saturated heterocycles. The van der Waals surface area contributed by atoms with E-state index in [9.17, 15) is 18.4 Å². The van der Waals surface area contributed by atoms with E-state index in [4.69, 9.17) is 14.2 Å². The Kier molecular flexibility index (Phi) is 8.13. The Labute approximate surface area is 216 Å². The molecule has 0 spiro atoms. The monoisotopic (exact) mass is 539 g/mol. The number of hydrogen-bond acceptors (Lipinski definition) is 11. The molecule has 0 bridgehead atoms. The first-order chi connectivity index (χ1) is 18.4. The number of rotatable bonds is 11. The Morgan fingerprint density at radius 1 is 1.11 bits per heavy atom. The zero-order valence-electron chi connectivity index (χ0n) is 19.9. The van der Waals surface area contributed by atoms with Crippen molar-refractivity contribution in [2.75, 3.05) is 20.3 Å². The lowest BCUT2D eigenvalue weighted by Gasteiger charge is -2.11. The van der Waals surface area contributed by atoms with Crippen LogP contribution >= 0.6 is 0 Å². The van der Waals surface area contributed by atoms with Gasteiger partial charge in [0, 0.05) is 18.5 Å². The van der Waals surface area contributed by atoms with Gasteiger partial charge in [-0.3, -0.25) is 14.4 Å². The average Bonchev–Trinajstić information content (AvgIpc) is 3.32. The fourth-order valence-corrected chi connectivity index (χ4v) is 4.46. The second-order valence-corrected chi connectivity index (χ2v) is 9.26. The summed E-state index contributed by atoms with van der Waals surface area (Å²) in [6.45, 7) is -0.223. The first kappa shape index (κ1) is 26.1. The van der Waals surface area contributed by atoms with Crippen molar-refractivity contribution < 1.29 is 37.0 Å². The summed E-state index contributed by atoms with van der Waals surface area (Å²) in [6.07, 6.45) is 4.68. The number of amides is 1. The van der Waals surface area contributed by atoms with E-state index in [0.29, 0.717) is 5.75 Å². The summed E-state index contributed by atoms with van der Waals surface area (Å²) >= 11 is 0. The zero-order chi connectivity index (χ0) is 27.0. The summed E-state index contributed by atoms with van der Waals surface area (Å²) in [6, 6.07) is 15.3. The molecule has 2 heterocycles. The molecule has 2 aromatic carbocycles. The molecule has 0 saturated carbocycles. The van der Waals surface area contributed by atoms with Gasteiger partial charge in [-0.25, -0.2) is 13.8 Å². The van der Waals surface area contributed by atoms with Crippen LogP contribution in [0.25, 0.3) is 0 Å². The minimum absolute atomic E-state index is 0.0541. The molecular formula is C24H21N5O8S. The maximum atomic E-state index is 12.8. The Balaban J connectivity index is 1.35. The molecular weight excluding hydrogens is 518 g/mol. The van der Waals surface area contributed by atoms with Crippen LogP contribution in [0.3, 0.4) is 0 Å². The summed E-state index contributed by atoms with van der Waals surface area (Å²) in [5.74, 6) is -0.408. The van der Waals surface area contributed by atoms with Gasteiger partial charge in [0.15, 0.2) is 0 Å². The van der Waals surface area contributed by atoms with Crippen molar-refractivity contribution in [1.82, 2.24) is 15.6 Å². The van der Waals surface area contributed by atoms with Crippen molar-refractivity contribution in [2.45, 2.75) is 9.92 Å². The number of hydrogen-bond donors (Lipinski definition) is 1. The normalized spacial score (nSPS) is 11.3. The first-order valence-corrected chi connectivity index (χ1v) is 12.5. The standard InChI is InChI=1S/C24H21N5O8S/c1-34-21-15-18(7-8-20(21)22(30)27-26-16-17-9-11-25-12-10-17)35-13-14-36-23-24(29(31)37-28-23)38(32,33)19-5-3-2-4-6-19/h2-12,15-16H,13-14H2,1H3,(H,27,30)/b26-16+. The number of methoxy groups -OCH3 is 1. The van der Waals surface area contributed by atoms with Gasteiger partial charge >= 0.3 is 10.9 Å². The van der Waals surface area contributed by atoms with E-state index < -0.39 is 26.7 Å². The highest BCUT2D eigenvalue weighted by atomic mass is 32.2. The molecule has 0 aliphatic rings. The summed E-state index contributed by atoms with van der Waals surface area (Å²) < 4.78 is 46.3. The van der Waals surface area contributed by atoms with Gasteiger partial charge in [0.2, 0.25) is 0 Å². The molecule has 1 N–H and O–H groups in total. The molecule has 0 fully saturated rings. The predicted molar refractivity (Wildman–Crippen MR) is 131 cm³/mol.